The molecular weight excluding hydrogens is 333 g/mol. The molecule has 2 heterocycles. The summed E-state index contributed by atoms with van der Waals surface area (Å²) in [4.78, 5) is 17.1. The molecule has 0 atom stereocenters. The van der Waals surface area contributed by atoms with E-state index < -0.39 is 11.7 Å². The second kappa shape index (κ2) is 6.58. The number of hydrogen-bond acceptors (Lipinski definition) is 3. The van der Waals surface area contributed by atoms with Gasteiger partial charge in [0.05, 0.1) is 5.56 Å². The van der Waals surface area contributed by atoms with Gasteiger partial charge in [-0.3, -0.25) is 4.79 Å². The predicted octanol–water partition coefficient (Wildman–Crippen LogP) is 3.96. The average Bonchev–Trinajstić information content (AvgIpc) is 2.60. The molecule has 3 rings (SSSR count). The van der Waals surface area contributed by atoms with Crippen LogP contribution in [-0.2, 0) is 23.9 Å². The summed E-state index contributed by atoms with van der Waals surface area (Å²) in [5.41, 5.74) is 1.22. The molecule has 0 spiro atoms. The number of halogens is 3. The Hall–Kier alpha value is -2.83. The summed E-state index contributed by atoms with van der Waals surface area (Å²) >= 11 is 0. The number of aromatic nitrogens is 1. The molecule has 2 aromatic rings. The van der Waals surface area contributed by atoms with Gasteiger partial charge in [-0.1, -0.05) is 12.6 Å². The fraction of sp³-hybridized carbons (Fsp3) is 0.222. The highest BCUT2D eigenvalue weighted by Gasteiger charge is 2.30. The lowest BCUT2D eigenvalue weighted by atomic mass is 9.99. The van der Waals surface area contributed by atoms with Gasteiger partial charge in [0.1, 0.15) is 5.75 Å². The van der Waals surface area contributed by atoms with E-state index in [9.17, 15) is 18.0 Å². The first-order valence-corrected chi connectivity index (χ1v) is 7.61. The second-order valence-corrected chi connectivity index (χ2v) is 5.63. The molecule has 0 saturated heterocycles. The van der Waals surface area contributed by atoms with Crippen molar-refractivity contribution in [3.8, 4) is 11.6 Å². The lowest BCUT2D eigenvalue weighted by Gasteiger charge is -2.28. The molecule has 1 aliphatic heterocycles. The molecule has 0 bridgehead atoms. The van der Waals surface area contributed by atoms with E-state index in [1.54, 1.807) is 17.0 Å². The minimum Gasteiger partial charge on any atom is -0.439 e. The van der Waals surface area contributed by atoms with Gasteiger partial charge >= 0.3 is 6.18 Å². The van der Waals surface area contributed by atoms with E-state index in [1.165, 1.54) is 12.1 Å². The molecule has 130 valence electrons. The van der Waals surface area contributed by atoms with Crippen LogP contribution in [0.5, 0.6) is 11.6 Å². The summed E-state index contributed by atoms with van der Waals surface area (Å²) in [7, 11) is 0. The zero-order valence-corrected chi connectivity index (χ0v) is 13.2. The maximum Gasteiger partial charge on any atom is 0.417 e. The number of amides is 1. The topological polar surface area (TPSA) is 42.4 Å². The van der Waals surface area contributed by atoms with Gasteiger partial charge in [0.15, 0.2) is 0 Å². The Bertz CT molecular complexity index is 801. The quantitative estimate of drug-likeness (QED) is 0.789. The SMILES string of the molecule is C=CC(=O)N1CCc2ccc(Oc3ccc(C(F)(F)F)cn3)cc2C1. The van der Waals surface area contributed by atoms with Crippen molar-refractivity contribution in [2.45, 2.75) is 19.1 Å². The third-order valence-corrected chi connectivity index (χ3v) is 3.96. The molecule has 4 nitrogen and oxygen atoms in total. The largest absolute Gasteiger partial charge is 0.439 e. The molecule has 0 fully saturated rings. The van der Waals surface area contributed by atoms with E-state index in [-0.39, 0.29) is 11.8 Å². The van der Waals surface area contributed by atoms with Gasteiger partial charge in [-0.15, -0.1) is 0 Å². The monoisotopic (exact) mass is 348 g/mol. The van der Waals surface area contributed by atoms with Crippen LogP contribution in [0.25, 0.3) is 0 Å². The van der Waals surface area contributed by atoms with Crippen LogP contribution in [0.15, 0.2) is 49.2 Å². The van der Waals surface area contributed by atoms with E-state index in [4.69, 9.17) is 4.74 Å². The van der Waals surface area contributed by atoms with Crippen LogP contribution in [0.1, 0.15) is 16.7 Å². The highest BCUT2D eigenvalue weighted by atomic mass is 19.4. The number of fused-ring (bicyclic) bond motifs is 1. The van der Waals surface area contributed by atoms with Crippen LogP contribution in [0.3, 0.4) is 0 Å². The first kappa shape index (κ1) is 17.0. The normalized spacial score (nSPS) is 14.0. The molecule has 0 unspecified atom stereocenters. The van der Waals surface area contributed by atoms with Gasteiger partial charge in [0.25, 0.3) is 0 Å². The Morgan fingerprint density at radius 3 is 2.68 bits per heavy atom. The smallest absolute Gasteiger partial charge is 0.417 e. The first-order valence-electron chi connectivity index (χ1n) is 7.61. The molecule has 1 aromatic heterocycles. The number of pyridine rings is 1. The molecule has 1 aliphatic rings. The van der Waals surface area contributed by atoms with Gasteiger partial charge in [-0.2, -0.15) is 13.2 Å². The van der Waals surface area contributed by atoms with Crippen LogP contribution in [-0.4, -0.2) is 22.3 Å². The third-order valence-electron chi connectivity index (χ3n) is 3.96. The summed E-state index contributed by atoms with van der Waals surface area (Å²) < 4.78 is 43.2. The molecule has 0 N–H and O–H groups in total. The van der Waals surface area contributed by atoms with E-state index in [0.29, 0.717) is 18.8 Å². The van der Waals surface area contributed by atoms with Crippen LogP contribution in [0.2, 0.25) is 0 Å². The Kier molecular flexibility index (Phi) is 4.48. The lowest BCUT2D eigenvalue weighted by molar-refractivity contribution is -0.137. The second-order valence-electron chi connectivity index (χ2n) is 5.63. The fourth-order valence-corrected chi connectivity index (χ4v) is 2.64. The van der Waals surface area contributed by atoms with Crippen molar-refractivity contribution in [3.63, 3.8) is 0 Å². The Balaban J connectivity index is 1.76. The van der Waals surface area contributed by atoms with Crippen LogP contribution in [0.4, 0.5) is 13.2 Å². The summed E-state index contributed by atoms with van der Waals surface area (Å²) in [6.07, 6.45) is -1.69. The van der Waals surface area contributed by atoms with Gasteiger partial charge in [0, 0.05) is 25.4 Å². The molecule has 0 saturated carbocycles. The number of rotatable bonds is 3. The van der Waals surface area contributed by atoms with E-state index in [2.05, 4.69) is 11.6 Å². The minimum atomic E-state index is -4.43. The maximum atomic E-state index is 12.5. The predicted molar refractivity (Wildman–Crippen MR) is 85.1 cm³/mol. The number of ether oxygens (including phenoxy) is 1. The average molecular weight is 348 g/mol. The van der Waals surface area contributed by atoms with Gasteiger partial charge < -0.3 is 9.64 Å². The number of hydrogen-bond donors (Lipinski definition) is 0. The zero-order valence-electron chi connectivity index (χ0n) is 13.2. The highest BCUT2D eigenvalue weighted by Crippen LogP contribution is 2.31. The number of nitrogens with zero attached hydrogens (tertiary/aromatic N) is 2. The van der Waals surface area contributed by atoms with Gasteiger partial charge in [-0.05, 0) is 41.8 Å². The maximum absolute atomic E-state index is 12.5. The van der Waals surface area contributed by atoms with Crippen molar-refractivity contribution in [1.82, 2.24) is 9.88 Å². The summed E-state index contributed by atoms with van der Waals surface area (Å²) in [6, 6.07) is 7.51. The minimum absolute atomic E-state index is 0.0720. The van der Waals surface area contributed by atoms with E-state index in [0.717, 1.165) is 29.8 Å². The molecular formula is C18H15F3N2O2. The standard InChI is InChI=1S/C18H15F3N2O2/c1-2-17(24)23-8-7-12-3-5-15(9-13(12)11-23)25-16-6-4-14(10-22-16)18(19,20)21/h2-6,9-10H,1,7-8,11H2. The van der Waals surface area contributed by atoms with Crippen molar-refractivity contribution in [1.29, 1.82) is 0 Å². The van der Waals surface area contributed by atoms with E-state index in [1.807, 2.05) is 6.07 Å². The summed E-state index contributed by atoms with van der Waals surface area (Å²) in [6.45, 7) is 4.55. The first-order chi connectivity index (χ1) is 11.9. The fourth-order valence-electron chi connectivity index (χ4n) is 2.64. The molecule has 25 heavy (non-hydrogen) atoms. The van der Waals surface area contributed by atoms with Crippen molar-refractivity contribution in [2.24, 2.45) is 0 Å². The Morgan fingerprint density at radius 1 is 1.24 bits per heavy atom. The van der Waals surface area contributed by atoms with Crippen molar-refractivity contribution >= 4 is 5.91 Å². The Labute approximate surface area is 142 Å². The van der Waals surface area contributed by atoms with Crippen LogP contribution >= 0.6 is 0 Å². The molecule has 0 radical (unpaired) electrons. The lowest BCUT2D eigenvalue weighted by Crippen LogP contribution is -2.34. The van der Waals surface area contributed by atoms with Crippen molar-refractivity contribution in [2.75, 3.05) is 6.54 Å². The van der Waals surface area contributed by atoms with Gasteiger partial charge in [-0.25, -0.2) is 4.98 Å². The number of carbonyl (C=O) groups excluding carboxylic acids is 1. The van der Waals surface area contributed by atoms with Crippen LogP contribution in [0, 0.1) is 0 Å². The highest BCUT2D eigenvalue weighted by molar-refractivity contribution is 5.87. The summed E-state index contributed by atoms with van der Waals surface area (Å²) in [5.74, 6) is 0.392. The van der Waals surface area contributed by atoms with E-state index >= 15 is 0 Å². The van der Waals surface area contributed by atoms with Crippen molar-refractivity contribution < 1.29 is 22.7 Å². The number of alkyl halides is 3. The number of carbonyl (C=O) groups is 1. The van der Waals surface area contributed by atoms with Crippen LogP contribution < -0.4 is 4.74 Å². The third kappa shape index (κ3) is 3.81. The molecule has 0 aliphatic carbocycles. The Morgan fingerprint density at radius 2 is 2.04 bits per heavy atom. The summed E-state index contributed by atoms with van der Waals surface area (Å²) in [5, 5.41) is 0. The molecule has 1 amide bonds. The number of benzene rings is 1. The van der Waals surface area contributed by atoms with Gasteiger partial charge in [0.2, 0.25) is 11.8 Å². The zero-order chi connectivity index (χ0) is 18.0. The molecule has 1 aromatic carbocycles. The van der Waals surface area contributed by atoms with Crippen molar-refractivity contribution in [3.05, 3.63) is 65.9 Å². The molecule has 7 heteroatoms.